The van der Waals surface area contributed by atoms with Crippen LogP contribution < -0.4 is 0 Å². The summed E-state index contributed by atoms with van der Waals surface area (Å²) in [6.07, 6.45) is 4.58. The van der Waals surface area contributed by atoms with Crippen LogP contribution in [0.4, 0.5) is 0 Å². The lowest BCUT2D eigenvalue weighted by Gasteiger charge is -2.39. The Kier molecular flexibility index (Phi) is 1.33. The van der Waals surface area contributed by atoms with Gasteiger partial charge < -0.3 is 4.74 Å². The first kappa shape index (κ1) is 7.99. The van der Waals surface area contributed by atoms with Crippen molar-refractivity contribution in [1.29, 1.82) is 0 Å². The van der Waals surface area contributed by atoms with E-state index >= 15 is 0 Å². The molecule has 0 unspecified atom stereocenters. The quantitative estimate of drug-likeness (QED) is 0.512. The van der Waals surface area contributed by atoms with Gasteiger partial charge in [-0.1, -0.05) is 19.1 Å². The van der Waals surface area contributed by atoms with E-state index in [4.69, 9.17) is 4.74 Å². The van der Waals surface area contributed by atoms with E-state index in [2.05, 4.69) is 0 Å². The maximum absolute atomic E-state index is 11.5. The molecule has 2 rings (SSSR count). The summed E-state index contributed by atoms with van der Waals surface area (Å²) in [5.41, 5.74) is -0.664. The number of rotatable bonds is 0. The Hall–Kier alpha value is -0.630. The maximum Gasteiger partial charge on any atom is 0.142 e. The summed E-state index contributed by atoms with van der Waals surface area (Å²) in [5.74, 6) is 0.320. The van der Waals surface area contributed by atoms with Gasteiger partial charge in [-0.25, -0.2) is 0 Å². The second-order valence-corrected chi connectivity index (χ2v) is 4.30. The molecule has 2 heteroatoms. The smallest absolute Gasteiger partial charge is 0.142 e. The van der Waals surface area contributed by atoms with E-state index in [0.717, 1.165) is 0 Å². The van der Waals surface area contributed by atoms with E-state index in [-0.39, 0.29) is 17.1 Å². The average molecular weight is 166 g/mol. The molecule has 1 fully saturated rings. The molecule has 1 saturated heterocycles. The van der Waals surface area contributed by atoms with Crippen LogP contribution in [0, 0.1) is 5.92 Å². The Balaban J connectivity index is 2.40. The number of Topliss-reactive ketones (excluding diaryl/α,β-unsaturated/α-hetero) is 1. The highest BCUT2D eigenvalue weighted by Gasteiger charge is 2.50. The minimum atomic E-state index is -0.343. The third kappa shape index (κ3) is 0.876. The molecule has 0 saturated carbocycles. The molecule has 66 valence electrons. The maximum atomic E-state index is 11.5. The highest BCUT2D eigenvalue weighted by molar-refractivity contribution is 5.85. The Morgan fingerprint density at radius 1 is 1.50 bits per heavy atom. The molecular formula is C10H14O2. The van der Waals surface area contributed by atoms with Crippen molar-refractivity contribution in [3.63, 3.8) is 0 Å². The molecule has 2 nitrogen and oxygen atoms in total. The number of carbonyl (C=O) groups is 1. The molecule has 2 bridgehead atoms. The van der Waals surface area contributed by atoms with E-state index in [1.807, 2.05) is 32.9 Å². The van der Waals surface area contributed by atoms with E-state index < -0.39 is 0 Å². The van der Waals surface area contributed by atoms with Crippen molar-refractivity contribution in [2.75, 3.05) is 0 Å². The monoisotopic (exact) mass is 166 g/mol. The van der Waals surface area contributed by atoms with Gasteiger partial charge in [-0.3, -0.25) is 4.79 Å². The summed E-state index contributed by atoms with van der Waals surface area (Å²) in [4.78, 5) is 11.5. The minimum Gasteiger partial charge on any atom is -0.360 e. The van der Waals surface area contributed by atoms with Gasteiger partial charge in [0.2, 0.25) is 0 Å². The number of ketones is 1. The summed E-state index contributed by atoms with van der Waals surface area (Å²) in [7, 11) is 0. The number of fused-ring (bicyclic) bond motifs is 2. The third-order valence-corrected chi connectivity index (χ3v) is 3.09. The zero-order chi connectivity index (χ0) is 8.98. The molecule has 0 N–H and O–H groups in total. The second-order valence-electron chi connectivity index (χ2n) is 4.30. The van der Waals surface area contributed by atoms with Crippen LogP contribution in [0.25, 0.3) is 0 Å². The molecule has 0 amide bonds. The van der Waals surface area contributed by atoms with Crippen LogP contribution in [0.5, 0.6) is 0 Å². The largest absolute Gasteiger partial charge is 0.360 e. The zero-order valence-electron chi connectivity index (χ0n) is 7.76. The SMILES string of the molecule is C[C@@H]1C(=O)C[C@]2(C)C=C[C@@]1(C)O2. The van der Waals surface area contributed by atoms with Crippen LogP contribution in [0.1, 0.15) is 27.2 Å². The van der Waals surface area contributed by atoms with Crippen molar-refractivity contribution in [2.24, 2.45) is 5.92 Å². The van der Waals surface area contributed by atoms with Gasteiger partial charge in [0, 0.05) is 12.3 Å². The molecule has 0 aromatic carbocycles. The standard InChI is InChI=1S/C10H14O2/c1-7-8(11)6-9(2)4-5-10(7,3)12-9/h4-5,7H,6H2,1-3H3/t7-,9+,10-/m1/s1. The summed E-state index contributed by atoms with van der Waals surface area (Å²) in [6, 6.07) is 0. The summed E-state index contributed by atoms with van der Waals surface area (Å²) < 4.78 is 5.82. The average Bonchev–Trinajstić information content (AvgIpc) is 2.22. The lowest BCUT2D eigenvalue weighted by atomic mass is 9.83. The van der Waals surface area contributed by atoms with Crippen LogP contribution in [0.15, 0.2) is 12.2 Å². The lowest BCUT2D eigenvalue weighted by Crippen LogP contribution is -2.48. The first-order chi connectivity index (χ1) is 5.45. The Bertz CT molecular complexity index is 269. The minimum absolute atomic E-state index is 0.00400. The molecule has 2 aliphatic heterocycles. The molecule has 0 aromatic heterocycles. The van der Waals surface area contributed by atoms with Crippen molar-refractivity contribution in [3.8, 4) is 0 Å². The summed E-state index contributed by atoms with van der Waals surface area (Å²) in [5, 5.41) is 0. The van der Waals surface area contributed by atoms with Gasteiger partial charge in [0.05, 0.1) is 11.2 Å². The van der Waals surface area contributed by atoms with E-state index in [0.29, 0.717) is 12.2 Å². The van der Waals surface area contributed by atoms with Gasteiger partial charge in [-0.2, -0.15) is 0 Å². The fourth-order valence-corrected chi connectivity index (χ4v) is 2.06. The predicted octanol–water partition coefficient (Wildman–Crippen LogP) is 1.70. The van der Waals surface area contributed by atoms with Crippen LogP contribution >= 0.6 is 0 Å². The molecule has 0 radical (unpaired) electrons. The summed E-state index contributed by atoms with van der Waals surface area (Å²) in [6.45, 7) is 5.90. The molecule has 0 aliphatic carbocycles. The van der Waals surface area contributed by atoms with Crippen LogP contribution in [0.2, 0.25) is 0 Å². The van der Waals surface area contributed by atoms with Crippen molar-refractivity contribution < 1.29 is 9.53 Å². The molecule has 2 heterocycles. The predicted molar refractivity (Wildman–Crippen MR) is 45.8 cm³/mol. The van der Waals surface area contributed by atoms with Crippen LogP contribution in [0.3, 0.4) is 0 Å². The van der Waals surface area contributed by atoms with Crippen molar-refractivity contribution >= 4 is 5.78 Å². The van der Waals surface area contributed by atoms with Crippen LogP contribution in [-0.4, -0.2) is 17.0 Å². The molecule has 0 aromatic rings. The normalized spacial score (nSPS) is 51.6. The Labute approximate surface area is 72.6 Å². The van der Waals surface area contributed by atoms with Crippen molar-refractivity contribution in [1.82, 2.24) is 0 Å². The Morgan fingerprint density at radius 2 is 2.17 bits per heavy atom. The Morgan fingerprint density at radius 3 is 2.83 bits per heavy atom. The van der Waals surface area contributed by atoms with Gasteiger partial charge in [0.15, 0.2) is 0 Å². The molecule has 3 atom stereocenters. The van der Waals surface area contributed by atoms with Gasteiger partial charge in [-0.05, 0) is 13.8 Å². The van der Waals surface area contributed by atoms with Crippen LogP contribution in [-0.2, 0) is 9.53 Å². The van der Waals surface area contributed by atoms with E-state index in [9.17, 15) is 4.79 Å². The lowest BCUT2D eigenvalue weighted by molar-refractivity contribution is -0.161. The number of hydrogen-bond donors (Lipinski definition) is 0. The molecule has 0 spiro atoms. The summed E-state index contributed by atoms with van der Waals surface area (Å²) >= 11 is 0. The fourth-order valence-electron chi connectivity index (χ4n) is 2.06. The fraction of sp³-hybridized carbons (Fsp3) is 0.700. The topological polar surface area (TPSA) is 26.3 Å². The van der Waals surface area contributed by atoms with Crippen molar-refractivity contribution in [3.05, 3.63) is 12.2 Å². The van der Waals surface area contributed by atoms with Crippen molar-refractivity contribution in [2.45, 2.75) is 38.4 Å². The number of hydrogen-bond acceptors (Lipinski definition) is 2. The number of ether oxygens (including phenoxy) is 1. The second kappa shape index (κ2) is 1.99. The van der Waals surface area contributed by atoms with E-state index in [1.165, 1.54) is 0 Å². The van der Waals surface area contributed by atoms with Gasteiger partial charge in [0.1, 0.15) is 5.78 Å². The molecule has 2 aliphatic rings. The van der Waals surface area contributed by atoms with E-state index in [1.54, 1.807) is 0 Å². The number of carbonyl (C=O) groups excluding carboxylic acids is 1. The molecule has 12 heavy (non-hydrogen) atoms. The van der Waals surface area contributed by atoms with Gasteiger partial charge in [-0.15, -0.1) is 0 Å². The first-order valence-corrected chi connectivity index (χ1v) is 4.38. The highest BCUT2D eigenvalue weighted by atomic mass is 16.5. The molecular weight excluding hydrogens is 152 g/mol. The zero-order valence-corrected chi connectivity index (χ0v) is 7.76. The highest BCUT2D eigenvalue weighted by Crippen LogP contribution is 2.43. The third-order valence-electron chi connectivity index (χ3n) is 3.09. The van der Waals surface area contributed by atoms with Gasteiger partial charge in [0.25, 0.3) is 0 Å². The first-order valence-electron chi connectivity index (χ1n) is 4.38. The van der Waals surface area contributed by atoms with Gasteiger partial charge >= 0.3 is 0 Å².